The molecule has 0 radical (unpaired) electrons. The Kier molecular flexibility index (Phi) is 9.48. The van der Waals surface area contributed by atoms with Crippen molar-refractivity contribution in [2.75, 3.05) is 31.5 Å². The Hall–Kier alpha value is 0.150. The van der Waals surface area contributed by atoms with Gasteiger partial charge in [-0.15, -0.1) is 0 Å². The number of hydrogen-bond acceptors (Lipinski definition) is 4. The van der Waals surface area contributed by atoms with Crippen molar-refractivity contribution in [3.05, 3.63) is 0 Å². The minimum atomic E-state index is -3.07. The van der Waals surface area contributed by atoms with Crippen molar-refractivity contribution in [3.63, 3.8) is 0 Å². The van der Waals surface area contributed by atoms with E-state index in [1.165, 1.54) is 0 Å². The van der Waals surface area contributed by atoms with Gasteiger partial charge in [0.05, 0.1) is 18.5 Å². The van der Waals surface area contributed by atoms with Crippen LogP contribution in [0.1, 0.15) is 13.8 Å². The second-order valence-corrected chi connectivity index (χ2v) is 4.97. The molecule has 0 amide bonds. The first-order valence-corrected chi connectivity index (χ1v) is 7.51. The lowest BCUT2D eigenvalue weighted by molar-refractivity contribution is 0.152. The minimum Gasteiger partial charge on any atom is -0.356 e. The van der Waals surface area contributed by atoms with E-state index in [4.69, 9.17) is 13.8 Å². The van der Waals surface area contributed by atoms with Gasteiger partial charge in [0.1, 0.15) is 13.0 Å². The predicted molar refractivity (Wildman–Crippen MR) is 63.2 cm³/mol. The summed E-state index contributed by atoms with van der Waals surface area (Å²) in [5, 5.41) is 0.602. The summed E-state index contributed by atoms with van der Waals surface area (Å²) in [4.78, 5) is 0. The third-order valence-electron chi connectivity index (χ3n) is 1.27. The van der Waals surface area contributed by atoms with E-state index in [-0.39, 0.29) is 13.0 Å². The van der Waals surface area contributed by atoms with Crippen LogP contribution in [0.3, 0.4) is 0 Å². The topological polar surface area (TPSA) is 44.8 Å². The molecule has 0 spiro atoms. The summed E-state index contributed by atoms with van der Waals surface area (Å²) in [7, 11) is -3.07. The van der Waals surface area contributed by atoms with E-state index in [2.05, 4.69) is 27.8 Å². The van der Waals surface area contributed by atoms with Crippen molar-refractivity contribution in [3.8, 4) is 11.8 Å². The Morgan fingerprint density at radius 1 is 1.20 bits per heavy atom. The fraction of sp³-hybridized carbons (Fsp3) is 0.778. The van der Waals surface area contributed by atoms with Crippen LogP contribution in [0.4, 0.5) is 0 Å². The molecule has 4 nitrogen and oxygen atoms in total. The molecule has 6 heteroatoms. The summed E-state index contributed by atoms with van der Waals surface area (Å²) in [5.74, 6) is 5.51. The van der Waals surface area contributed by atoms with Crippen molar-refractivity contribution in [2.24, 2.45) is 0 Å². The monoisotopic (exact) mass is 298 g/mol. The van der Waals surface area contributed by atoms with E-state index >= 15 is 0 Å². The van der Waals surface area contributed by atoms with E-state index < -0.39 is 7.60 Å². The third kappa shape index (κ3) is 8.01. The Bertz CT molecular complexity index is 249. The zero-order chi connectivity index (χ0) is 11.6. The van der Waals surface area contributed by atoms with Gasteiger partial charge in [-0.3, -0.25) is 4.57 Å². The summed E-state index contributed by atoms with van der Waals surface area (Å²) >= 11 is 3.16. The van der Waals surface area contributed by atoms with Crippen LogP contribution in [0.5, 0.6) is 0 Å². The molecule has 0 rings (SSSR count). The van der Waals surface area contributed by atoms with Crippen molar-refractivity contribution in [1.29, 1.82) is 0 Å². The maximum absolute atomic E-state index is 11.8. The smallest absolute Gasteiger partial charge is 0.356 e. The maximum atomic E-state index is 11.8. The summed E-state index contributed by atoms with van der Waals surface area (Å²) in [6, 6.07) is 0. The number of rotatable bonds is 7. The first-order chi connectivity index (χ1) is 7.18. The van der Waals surface area contributed by atoms with Gasteiger partial charge in [-0.25, -0.2) is 0 Å². The van der Waals surface area contributed by atoms with Gasteiger partial charge in [0.15, 0.2) is 0 Å². The van der Waals surface area contributed by atoms with Gasteiger partial charge in [-0.1, -0.05) is 27.8 Å². The van der Waals surface area contributed by atoms with Gasteiger partial charge in [0.25, 0.3) is 0 Å². The Labute approximate surface area is 99.3 Å². The molecule has 0 unspecified atom stereocenters. The predicted octanol–water partition coefficient (Wildman–Crippen LogP) is 2.62. The third-order valence-corrected chi connectivity index (χ3v) is 3.35. The van der Waals surface area contributed by atoms with Crippen molar-refractivity contribution in [2.45, 2.75) is 13.8 Å². The van der Waals surface area contributed by atoms with Gasteiger partial charge in [0, 0.05) is 0 Å². The molecule has 0 bridgehead atoms. The van der Waals surface area contributed by atoms with Gasteiger partial charge in [-0.2, -0.15) is 0 Å². The number of hydrogen-bond donors (Lipinski definition) is 0. The SMILES string of the molecule is CCOP(=O)(COCC#CCBr)OCC. The molecule has 0 saturated carbocycles. The van der Waals surface area contributed by atoms with Gasteiger partial charge < -0.3 is 13.8 Å². The highest BCUT2D eigenvalue weighted by Crippen LogP contribution is 2.47. The molecule has 0 atom stereocenters. The van der Waals surface area contributed by atoms with E-state index in [0.717, 1.165) is 0 Å². The molecule has 0 aromatic heterocycles. The summed E-state index contributed by atoms with van der Waals surface area (Å²) in [6.07, 6.45) is -0.0500. The fourth-order valence-corrected chi connectivity index (χ4v) is 2.34. The minimum absolute atomic E-state index is 0.0500. The molecule has 0 aliphatic rings. The molecule has 0 aliphatic heterocycles. The van der Waals surface area contributed by atoms with E-state index in [1.54, 1.807) is 13.8 Å². The van der Waals surface area contributed by atoms with E-state index in [0.29, 0.717) is 18.5 Å². The first kappa shape index (κ1) is 15.2. The van der Waals surface area contributed by atoms with Crippen molar-refractivity contribution >= 4 is 23.5 Å². The molecular formula is C9H16BrO4P. The second kappa shape index (κ2) is 9.38. The van der Waals surface area contributed by atoms with Crippen LogP contribution in [-0.4, -0.2) is 31.5 Å². The molecular weight excluding hydrogens is 283 g/mol. The Morgan fingerprint density at radius 3 is 2.27 bits per heavy atom. The summed E-state index contributed by atoms with van der Waals surface area (Å²) < 4.78 is 27.0. The fourth-order valence-electron chi connectivity index (χ4n) is 0.812. The van der Waals surface area contributed by atoms with Gasteiger partial charge in [-0.05, 0) is 13.8 Å². The number of ether oxygens (including phenoxy) is 1. The highest BCUT2D eigenvalue weighted by atomic mass is 79.9. The van der Waals surface area contributed by atoms with Gasteiger partial charge >= 0.3 is 7.60 Å². The average Bonchev–Trinajstić information content (AvgIpc) is 2.18. The lowest BCUT2D eigenvalue weighted by Gasteiger charge is -2.15. The van der Waals surface area contributed by atoms with Crippen LogP contribution in [0.25, 0.3) is 0 Å². The molecule has 0 fully saturated rings. The zero-order valence-electron chi connectivity index (χ0n) is 8.99. The normalized spacial score (nSPS) is 10.9. The van der Waals surface area contributed by atoms with Crippen molar-refractivity contribution in [1.82, 2.24) is 0 Å². The Balaban J connectivity index is 3.90. The van der Waals surface area contributed by atoms with Crippen LogP contribution in [-0.2, 0) is 18.3 Å². The van der Waals surface area contributed by atoms with Crippen LogP contribution in [0.2, 0.25) is 0 Å². The average molecular weight is 299 g/mol. The molecule has 0 N–H and O–H groups in total. The first-order valence-electron chi connectivity index (χ1n) is 4.66. The molecule has 0 saturated heterocycles. The highest BCUT2D eigenvalue weighted by Gasteiger charge is 2.23. The molecule has 0 aromatic carbocycles. The maximum Gasteiger partial charge on any atom is 0.356 e. The van der Waals surface area contributed by atoms with Crippen LogP contribution in [0.15, 0.2) is 0 Å². The quantitative estimate of drug-likeness (QED) is 0.314. The molecule has 0 aliphatic carbocycles. The van der Waals surface area contributed by atoms with Gasteiger partial charge in [0.2, 0.25) is 0 Å². The standard InChI is InChI=1S/C9H16BrO4P/c1-3-13-15(11,14-4-2)9-12-8-6-5-7-10/h3-4,7-9H2,1-2H3. The van der Waals surface area contributed by atoms with Crippen LogP contribution >= 0.6 is 23.5 Å². The summed E-state index contributed by atoms with van der Waals surface area (Å²) in [6.45, 7) is 4.43. The number of alkyl halides is 1. The van der Waals surface area contributed by atoms with E-state index in [9.17, 15) is 4.57 Å². The molecule has 0 aromatic rings. The summed E-state index contributed by atoms with van der Waals surface area (Å²) in [5.41, 5.74) is 0. The largest absolute Gasteiger partial charge is 0.356 e. The van der Waals surface area contributed by atoms with Crippen LogP contribution < -0.4 is 0 Å². The number of halogens is 1. The molecule has 88 valence electrons. The van der Waals surface area contributed by atoms with Crippen molar-refractivity contribution < 1.29 is 18.3 Å². The highest BCUT2D eigenvalue weighted by molar-refractivity contribution is 9.09. The lowest BCUT2D eigenvalue weighted by atomic mass is 10.6. The Morgan fingerprint density at radius 2 is 1.80 bits per heavy atom. The molecule has 15 heavy (non-hydrogen) atoms. The second-order valence-electron chi connectivity index (χ2n) is 2.41. The van der Waals surface area contributed by atoms with E-state index in [1.807, 2.05) is 0 Å². The molecule has 0 heterocycles. The van der Waals surface area contributed by atoms with Crippen LogP contribution in [0, 0.1) is 11.8 Å². The zero-order valence-corrected chi connectivity index (χ0v) is 11.5. The lowest BCUT2D eigenvalue weighted by Crippen LogP contribution is -2.03.